The number of hydrogen-bond donors (Lipinski definition) is 1. The minimum absolute atomic E-state index is 0.164. The molecule has 2 aromatic rings. The van der Waals surface area contributed by atoms with Crippen molar-refractivity contribution in [2.45, 2.75) is 28.8 Å². The lowest BCUT2D eigenvalue weighted by atomic mass is 9.99. The highest BCUT2D eigenvalue weighted by Crippen LogP contribution is 2.39. The van der Waals surface area contributed by atoms with E-state index in [-0.39, 0.29) is 10.1 Å². The van der Waals surface area contributed by atoms with E-state index in [2.05, 4.69) is 15.3 Å². The zero-order valence-electron chi connectivity index (χ0n) is 13.7. The van der Waals surface area contributed by atoms with Crippen molar-refractivity contribution in [1.82, 2.24) is 15.3 Å². The lowest BCUT2D eigenvalue weighted by Gasteiger charge is -2.18. The number of rotatable bonds is 3. The van der Waals surface area contributed by atoms with Crippen molar-refractivity contribution in [3.8, 4) is 0 Å². The lowest BCUT2D eigenvalue weighted by molar-refractivity contribution is -0.141. The summed E-state index contributed by atoms with van der Waals surface area (Å²) in [5, 5.41) is 2.84. The van der Waals surface area contributed by atoms with Gasteiger partial charge in [-0.05, 0) is 54.1 Å². The SMILES string of the molecule is FC(F)(F)c1ccc(C2=CCNCC2)c(Sc2nccc(C(F)(F)F)n2)c1. The number of halogens is 6. The van der Waals surface area contributed by atoms with Gasteiger partial charge in [0.15, 0.2) is 5.16 Å². The van der Waals surface area contributed by atoms with Gasteiger partial charge in [0.05, 0.1) is 5.56 Å². The van der Waals surface area contributed by atoms with Crippen LogP contribution < -0.4 is 5.32 Å². The van der Waals surface area contributed by atoms with Gasteiger partial charge in [0.1, 0.15) is 5.69 Å². The van der Waals surface area contributed by atoms with Crippen LogP contribution in [0.3, 0.4) is 0 Å². The molecule has 0 radical (unpaired) electrons. The molecule has 1 N–H and O–H groups in total. The van der Waals surface area contributed by atoms with Gasteiger partial charge >= 0.3 is 12.4 Å². The number of nitrogens with one attached hydrogen (secondary N) is 1. The molecule has 1 aliphatic rings. The van der Waals surface area contributed by atoms with Crippen LogP contribution in [0.4, 0.5) is 26.3 Å². The van der Waals surface area contributed by atoms with Crippen LogP contribution in [-0.2, 0) is 12.4 Å². The average molecular weight is 405 g/mol. The standard InChI is InChI=1S/C17H13F6N3S/c18-16(19,20)11-1-2-12(10-3-6-24-7-4-10)13(9-11)27-15-25-8-5-14(26-15)17(21,22)23/h1-3,5,8-9,24H,4,6-7H2. The summed E-state index contributed by atoms with van der Waals surface area (Å²) in [6.45, 7) is 1.23. The highest BCUT2D eigenvalue weighted by atomic mass is 32.2. The summed E-state index contributed by atoms with van der Waals surface area (Å²) in [7, 11) is 0. The van der Waals surface area contributed by atoms with Crippen LogP contribution in [-0.4, -0.2) is 23.1 Å². The Morgan fingerprint density at radius 2 is 1.78 bits per heavy atom. The summed E-state index contributed by atoms with van der Waals surface area (Å²) in [5.74, 6) is 0. The third-order valence-corrected chi connectivity index (χ3v) is 4.78. The summed E-state index contributed by atoms with van der Waals surface area (Å²) in [5.41, 5.74) is -0.655. The molecule has 2 heterocycles. The molecule has 0 unspecified atom stereocenters. The number of hydrogen-bond acceptors (Lipinski definition) is 4. The summed E-state index contributed by atoms with van der Waals surface area (Å²) in [6, 6.07) is 3.95. The van der Waals surface area contributed by atoms with Crippen LogP contribution >= 0.6 is 11.8 Å². The molecule has 0 aliphatic carbocycles. The topological polar surface area (TPSA) is 37.8 Å². The predicted octanol–water partition coefficient (Wildman–Crippen LogP) is 5.04. The molecule has 10 heteroatoms. The maximum atomic E-state index is 13.1. The first kappa shape index (κ1) is 19.7. The van der Waals surface area contributed by atoms with E-state index >= 15 is 0 Å². The molecule has 1 aliphatic heterocycles. The van der Waals surface area contributed by atoms with E-state index < -0.39 is 23.6 Å². The molecule has 144 valence electrons. The molecule has 3 nitrogen and oxygen atoms in total. The Morgan fingerprint density at radius 1 is 1.00 bits per heavy atom. The van der Waals surface area contributed by atoms with Crippen molar-refractivity contribution in [2.75, 3.05) is 13.1 Å². The molecule has 0 saturated carbocycles. The largest absolute Gasteiger partial charge is 0.433 e. The zero-order chi connectivity index (χ0) is 19.7. The van der Waals surface area contributed by atoms with E-state index in [1.165, 1.54) is 6.07 Å². The Labute approximate surface area is 154 Å². The molecular weight excluding hydrogens is 392 g/mol. The first-order valence-electron chi connectivity index (χ1n) is 7.84. The Balaban J connectivity index is 2.03. The van der Waals surface area contributed by atoms with Gasteiger partial charge in [0, 0.05) is 17.6 Å². The van der Waals surface area contributed by atoms with E-state index in [0.29, 0.717) is 42.9 Å². The minimum Gasteiger partial charge on any atom is -0.313 e. The Kier molecular flexibility index (Phi) is 5.48. The smallest absolute Gasteiger partial charge is 0.313 e. The molecule has 27 heavy (non-hydrogen) atoms. The Hall–Kier alpha value is -2.07. The maximum absolute atomic E-state index is 13.1. The highest BCUT2D eigenvalue weighted by molar-refractivity contribution is 7.99. The molecular formula is C17H13F6N3S. The fourth-order valence-electron chi connectivity index (χ4n) is 2.56. The zero-order valence-corrected chi connectivity index (χ0v) is 14.5. The first-order valence-corrected chi connectivity index (χ1v) is 8.66. The van der Waals surface area contributed by atoms with Crippen LogP contribution in [0, 0.1) is 0 Å². The van der Waals surface area contributed by atoms with Gasteiger partial charge in [-0.25, -0.2) is 9.97 Å². The number of aromatic nitrogens is 2. The second-order valence-electron chi connectivity index (χ2n) is 5.72. The van der Waals surface area contributed by atoms with Gasteiger partial charge in [-0.2, -0.15) is 26.3 Å². The van der Waals surface area contributed by atoms with Crippen LogP contribution in [0.15, 0.2) is 46.6 Å². The molecule has 3 rings (SSSR count). The van der Waals surface area contributed by atoms with Crippen molar-refractivity contribution < 1.29 is 26.3 Å². The van der Waals surface area contributed by atoms with Crippen LogP contribution in [0.25, 0.3) is 5.57 Å². The molecule has 1 aromatic carbocycles. The Morgan fingerprint density at radius 3 is 2.41 bits per heavy atom. The van der Waals surface area contributed by atoms with Gasteiger partial charge in [-0.1, -0.05) is 12.1 Å². The van der Waals surface area contributed by atoms with Crippen molar-refractivity contribution in [2.24, 2.45) is 0 Å². The minimum atomic E-state index is -4.66. The lowest BCUT2D eigenvalue weighted by Crippen LogP contribution is -2.20. The van der Waals surface area contributed by atoms with E-state index in [1.807, 2.05) is 6.08 Å². The number of alkyl halides is 6. The van der Waals surface area contributed by atoms with Gasteiger partial charge in [-0.3, -0.25) is 0 Å². The molecule has 1 aromatic heterocycles. The van der Waals surface area contributed by atoms with E-state index in [9.17, 15) is 26.3 Å². The second kappa shape index (κ2) is 7.51. The molecule has 0 spiro atoms. The van der Waals surface area contributed by atoms with Crippen molar-refractivity contribution in [1.29, 1.82) is 0 Å². The first-order chi connectivity index (χ1) is 12.6. The summed E-state index contributed by atoms with van der Waals surface area (Å²) in [6.07, 6.45) is -5.84. The molecule has 0 amide bonds. The molecule has 0 saturated heterocycles. The molecule has 0 fully saturated rings. The van der Waals surface area contributed by atoms with Gasteiger partial charge in [0.25, 0.3) is 0 Å². The van der Waals surface area contributed by atoms with Gasteiger partial charge in [-0.15, -0.1) is 0 Å². The second-order valence-corrected chi connectivity index (χ2v) is 6.73. The van der Waals surface area contributed by atoms with Crippen molar-refractivity contribution in [3.05, 3.63) is 53.4 Å². The van der Waals surface area contributed by atoms with Crippen molar-refractivity contribution >= 4 is 17.3 Å². The third-order valence-electron chi connectivity index (χ3n) is 3.84. The number of benzene rings is 1. The number of nitrogens with zero attached hydrogens (tertiary/aromatic N) is 2. The van der Waals surface area contributed by atoms with Crippen LogP contribution in [0.5, 0.6) is 0 Å². The highest BCUT2D eigenvalue weighted by Gasteiger charge is 2.34. The molecule has 0 bridgehead atoms. The fraction of sp³-hybridized carbons (Fsp3) is 0.294. The van der Waals surface area contributed by atoms with Crippen LogP contribution in [0.1, 0.15) is 23.2 Å². The third kappa shape index (κ3) is 4.81. The maximum Gasteiger partial charge on any atom is 0.433 e. The summed E-state index contributed by atoms with van der Waals surface area (Å²) < 4.78 is 77.8. The van der Waals surface area contributed by atoms with Crippen LogP contribution in [0.2, 0.25) is 0 Å². The normalized spacial score (nSPS) is 15.6. The summed E-state index contributed by atoms with van der Waals surface area (Å²) >= 11 is 0.685. The monoisotopic (exact) mass is 405 g/mol. The fourth-order valence-corrected chi connectivity index (χ4v) is 3.51. The quantitative estimate of drug-likeness (QED) is 0.574. The van der Waals surface area contributed by atoms with Gasteiger partial charge < -0.3 is 5.32 Å². The van der Waals surface area contributed by atoms with Crippen molar-refractivity contribution in [3.63, 3.8) is 0 Å². The molecule has 0 atom stereocenters. The van der Waals surface area contributed by atoms with E-state index in [4.69, 9.17) is 0 Å². The summed E-state index contributed by atoms with van der Waals surface area (Å²) in [4.78, 5) is 7.36. The average Bonchev–Trinajstić information content (AvgIpc) is 2.61. The predicted molar refractivity (Wildman–Crippen MR) is 88.1 cm³/mol. The Bertz CT molecular complexity index is 860. The van der Waals surface area contributed by atoms with Gasteiger partial charge in [0.2, 0.25) is 0 Å². The van der Waals surface area contributed by atoms with E-state index in [0.717, 1.165) is 23.9 Å². The van der Waals surface area contributed by atoms with E-state index in [1.54, 1.807) is 0 Å².